The Morgan fingerprint density at radius 2 is 1.48 bits per heavy atom. The molecule has 6 heteroatoms. The predicted octanol–water partition coefficient (Wildman–Crippen LogP) is 2.41. The van der Waals surface area contributed by atoms with Crippen LogP contribution in [0.1, 0.15) is 31.8 Å². The van der Waals surface area contributed by atoms with Gasteiger partial charge in [0.2, 0.25) is 0 Å². The normalized spacial score (nSPS) is 12.6. The molecule has 0 spiro atoms. The number of nitro groups is 1. The fourth-order valence-corrected chi connectivity index (χ4v) is 2.48. The second kappa shape index (κ2) is 4.52. The molecule has 0 aromatic heterocycles. The summed E-state index contributed by atoms with van der Waals surface area (Å²) >= 11 is 0. The van der Waals surface area contributed by atoms with Crippen molar-refractivity contribution in [2.75, 3.05) is 12.4 Å². The molecule has 0 atom stereocenters. The highest BCUT2D eigenvalue weighted by Crippen LogP contribution is 2.34. The second-order valence-electron chi connectivity index (χ2n) is 4.63. The highest BCUT2D eigenvalue weighted by Gasteiger charge is 2.32. The van der Waals surface area contributed by atoms with Gasteiger partial charge in [0.25, 0.3) is 5.69 Å². The van der Waals surface area contributed by atoms with Crippen LogP contribution in [0.3, 0.4) is 0 Å². The topological polar surface area (TPSA) is 89.3 Å². The molecule has 2 aromatic carbocycles. The van der Waals surface area contributed by atoms with Gasteiger partial charge in [0.15, 0.2) is 11.6 Å². The molecule has 6 nitrogen and oxygen atoms in total. The predicted molar refractivity (Wildman–Crippen MR) is 76.0 cm³/mol. The van der Waals surface area contributed by atoms with Gasteiger partial charge in [-0.3, -0.25) is 19.7 Å². The van der Waals surface area contributed by atoms with Crippen LogP contribution in [0.4, 0.5) is 11.4 Å². The van der Waals surface area contributed by atoms with E-state index < -0.39 is 4.92 Å². The van der Waals surface area contributed by atoms with Crippen molar-refractivity contribution in [2.24, 2.45) is 0 Å². The number of benzene rings is 2. The Morgan fingerprint density at radius 1 is 0.952 bits per heavy atom. The Labute approximate surface area is 119 Å². The van der Waals surface area contributed by atoms with E-state index in [-0.39, 0.29) is 39.6 Å². The summed E-state index contributed by atoms with van der Waals surface area (Å²) in [4.78, 5) is 35.4. The van der Waals surface area contributed by atoms with Gasteiger partial charge < -0.3 is 5.32 Å². The van der Waals surface area contributed by atoms with Gasteiger partial charge in [0, 0.05) is 35.4 Å². The molecule has 2 aromatic rings. The maximum atomic E-state index is 12.5. The van der Waals surface area contributed by atoms with Crippen LogP contribution >= 0.6 is 0 Å². The lowest BCUT2D eigenvalue weighted by molar-refractivity contribution is -0.384. The summed E-state index contributed by atoms with van der Waals surface area (Å²) in [6, 6.07) is 9.00. The molecule has 1 aliphatic carbocycles. The number of carbonyl (C=O) groups is 2. The third-order valence-corrected chi connectivity index (χ3v) is 3.51. The zero-order chi connectivity index (χ0) is 15.1. The van der Waals surface area contributed by atoms with Crippen molar-refractivity contribution < 1.29 is 14.5 Å². The van der Waals surface area contributed by atoms with Crippen LogP contribution in [0.5, 0.6) is 0 Å². The van der Waals surface area contributed by atoms with E-state index in [9.17, 15) is 19.7 Å². The molecule has 0 fully saturated rings. The lowest BCUT2D eigenvalue weighted by Crippen LogP contribution is -2.21. The van der Waals surface area contributed by atoms with E-state index in [1.165, 1.54) is 13.1 Å². The number of ketones is 2. The van der Waals surface area contributed by atoms with Crippen LogP contribution in [0.15, 0.2) is 36.4 Å². The molecule has 104 valence electrons. The standard InChI is InChI=1S/C15H10N2O4/c1-16-12-6-10-11(7-13(12)17(20)21)15(19)9-5-3-2-4-8(9)14(10)18/h2-7,16H,1H3. The number of nitrogens with one attached hydrogen (secondary N) is 1. The molecule has 0 heterocycles. The summed E-state index contributed by atoms with van der Waals surface area (Å²) in [7, 11) is 1.53. The Morgan fingerprint density at radius 3 is 1.95 bits per heavy atom. The molecule has 0 radical (unpaired) electrons. The summed E-state index contributed by atoms with van der Waals surface area (Å²) in [5.41, 5.74) is 0.849. The fourth-order valence-electron chi connectivity index (χ4n) is 2.48. The Bertz CT molecular complexity index is 811. The number of nitro benzene ring substituents is 1. The molecular weight excluding hydrogens is 272 g/mol. The van der Waals surface area contributed by atoms with Gasteiger partial charge in [-0.15, -0.1) is 0 Å². The summed E-state index contributed by atoms with van der Waals surface area (Å²) in [5.74, 6) is -0.669. The van der Waals surface area contributed by atoms with E-state index in [2.05, 4.69) is 5.32 Å². The smallest absolute Gasteiger partial charge is 0.293 e. The molecule has 21 heavy (non-hydrogen) atoms. The zero-order valence-corrected chi connectivity index (χ0v) is 11.0. The maximum Gasteiger partial charge on any atom is 0.293 e. The third kappa shape index (κ3) is 1.80. The average molecular weight is 282 g/mol. The van der Waals surface area contributed by atoms with Gasteiger partial charge in [-0.2, -0.15) is 0 Å². The number of hydrogen-bond acceptors (Lipinski definition) is 5. The lowest BCUT2D eigenvalue weighted by Gasteiger charge is -2.18. The van der Waals surface area contributed by atoms with E-state index in [4.69, 9.17) is 0 Å². The molecule has 0 bridgehead atoms. The molecule has 0 saturated carbocycles. The zero-order valence-electron chi connectivity index (χ0n) is 11.0. The van der Waals surface area contributed by atoms with E-state index >= 15 is 0 Å². The van der Waals surface area contributed by atoms with Crippen molar-refractivity contribution in [2.45, 2.75) is 0 Å². The fraction of sp³-hybridized carbons (Fsp3) is 0.0667. The van der Waals surface area contributed by atoms with E-state index in [0.29, 0.717) is 5.56 Å². The Balaban J connectivity index is 2.30. The first-order valence-electron chi connectivity index (χ1n) is 6.23. The molecule has 0 unspecified atom stereocenters. The van der Waals surface area contributed by atoms with Gasteiger partial charge in [-0.05, 0) is 6.07 Å². The van der Waals surface area contributed by atoms with Crippen molar-refractivity contribution in [3.05, 3.63) is 68.8 Å². The highest BCUT2D eigenvalue weighted by molar-refractivity contribution is 6.28. The van der Waals surface area contributed by atoms with E-state index in [1.54, 1.807) is 24.3 Å². The minimum absolute atomic E-state index is 0.0735. The van der Waals surface area contributed by atoms with Crippen LogP contribution in [-0.4, -0.2) is 23.5 Å². The number of anilines is 1. The van der Waals surface area contributed by atoms with Gasteiger partial charge in [0.05, 0.1) is 4.92 Å². The second-order valence-corrected chi connectivity index (χ2v) is 4.63. The molecule has 1 aliphatic rings. The van der Waals surface area contributed by atoms with Gasteiger partial charge >= 0.3 is 0 Å². The lowest BCUT2D eigenvalue weighted by atomic mass is 9.83. The Kier molecular flexibility index (Phi) is 2.79. The number of nitrogens with zero attached hydrogens (tertiary/aromatic N) is 1. The minimum atomic E-state index is -0.579. The largest absolute Gasteiger partial charge is 0.383 e. The van der Waals surface area contributed by atoms with Crippen LogP contribution in [0.2, 0.25) is 0 Å². The van der Waals surface area contributed by atoms with Gasteiger partial charge in [-0.1, -0.05) is 24.3 Å². The molecule has 0 aliphatic heterocycles. The van der Waals surface area contributed by atoms with E-state index in [0.717, 1.165) is 6.07 Å². The maximum absolute atomic E-state index is 12.5. The summed E-state index contributed by atoms with van der Waals surface area (Å²) in [6.07, 6.45) is 0. The number of carbonyl (C=O) groups excluding carboxylic acids is 2. The van der Waals surface area contributed by atoms with E-state index in [1.807, 2.05) is 0 Å². The minimum Gasteiger partial charge on any atom is -0.383 e. The first-order chi connectivity index (χ1) is 10.0. The number of fused-ring (bicyclic) bond motifs is 2. The molecule has 0 saturated heterocycles. The van der Waals surface area contributed by atoms with Crippen molar-refractivity contribution in [3.8, 4) is 0 Å². The Hall–Kier alpha value is -3.02. The van der Waals surface area contributed by atoms with Crippen LogP contribution < -0.4 is 5.32 Å². The quantitative estimate of drug-likeness (QED) is 0.576. The molecule has 0 amide bonds. The summed E-state index contributed by atoms with van der Waals surface area (Å²) in [6.45, 7) is 0. The molecule has 1 N–H and O–H groups in total. The highest BCUT2D eigenvalue weighted by atomic mass is 16.6. The summed E-state index contributed by atoms with van der Waals surface area (Å²) < 4.78 is 0. The molecular formula is C15H10N2O4. The number of rotatable bonds is 2. The van der Waals surface area contributed by atoms with Crippen molar-refractivity contribution in [1.82, 2.24) is 0 Å². The average Bonchev–Trinajstić information content (AvgIpc) is 2.51. The van der Waals surface area contributed by atoms with Crippen molar-refractivity contribution in [1.29, 1.82) is 0 Å². The van der Waals surface area contributed by atoms with Crippen molar-refractivity contribution in [3.63, 3.8) is 0 Å². The molecule has 3 rings (SSSR count). The SMILES string of the molecule is CNc1cc2c(cc1[N+](=O)[O-])C(=O)c1ccccc1C2=O. The van der Waals surface area contributed by atoms with Gasteiger partial charge in [-0.25, -0.2) is 0 Å². The van der Waals surface area contributed by atoms with Crippen LogP contribution in [-0.2, 0) is 0 Å². The first-order valence-corrected chi connectivity index (χ1v) is 6.23. The summed E-state index contributed by atoms with van der Waals surface area (Å²) in [5, 5.41) is 13.8. The van der Waals surface area contributed by atoms with Crippen LogP contribution in [0.25, 0.3) is 0 Å². The third-order valence-electron chi connectivity index (χ3n) is 3.51. The van der Waals surface area contributed by atoms with Crippen LogP contribution in [0, 0.1) is 10.1 Å². The van der Waals surface area contributed by atoms with Gasteiger partial charge in [0.1, 0.15) is 5.69 Å². The number of hydrogen-bond donors (Lipinski definition) is 1. The first kappa shape index (κ1) is 13.0. The van der Waals surface area contributed by atoms with Crippen molar-refractivity contribution >= 4 is 22.9 Å². The monoisotopic (exact) mass is 282 g/mol.